The van der Waals surface area contributed by atoms with Gasteiger partial charge in [-0.1, -0.05) is 15.9 Å². The number of hydrogen-bond acceptors (Lipinski definition) is 1. The fraction of sp³-hybridized carbons (Fsp3) is 0.455. The van der Waals surface area contributed by atoms with Crippen LogP contribution in [0.4, 0.5) is 4.39 Å². The average Bonchev–Trinajstić information content (AvgIpc) is 2.15. The lowest BCUT2D eigenvalue weighted by Gasteiger charge is -2.11. The summed E-state index contributed by atoms with van der Waals surface area (Å²) in [7, 11) is 0. The Morgan fingerprint density at radius 3 is 2.64 bits per heavy atom. The van der Waals surface area contributed by atoms with Crippen LogP contribution < -0.4 is 5.73 Å². The number of nitrogens with two attached hydrogens (primary N) is 1. The van der Waals surface area contributed by atoms with Crippen LogP contribution in [0, 0.1) is 19.7 Å². The highest BCUT2D eigenvalue weighted by Crippen LogP contribution is 2.26. The van der Waals surface area contributed by atoms with Gasteiger partial charge < -0.3 is 5.73 Å². The second-order valence-electron chi connectivity index (χ2n) is 3.49. The van der Waals surface area contributed by atoms with Crippen LogP contribution >= 0.6 is 15.9 Å². The standard InChI is InChI=1S/C11H15BrFN/c1-7-6-10(12)8(2)9(11(7)13)4-3-5-14/h6H,3-5,14H2,1-2H3. The molecule has 0 bridgehead atoms. The van der Waals surface area contributed by atoms with Gasteiger partial charge >= 0.3 is 0 Å². The molecule has 1 aromatic rings. The van der Waals surface area contributed by atoms with Crippen molar-refractivity contribution in [2.75, 3.05) is 6.54 Å². The van der Waals surface area contributed by atoms with Crippen molar-refractivity contribution in [2.24, 2.45) is 5.73 Å². The number of rotatable bonds is 3. The Morgan fingerprint density at radius 2 is 2.07 bits per heavy atom. The van der Waals surface area contributed by atoms with E-state index in [2.05, 4.69) is 15.9 Å². The average molecular weight is 260 g/mol. The van der Waals surface area contributed by atoms with Gasteiger partial charge in [0.1, 0.15) is 5.82 Å². The molecule has 0 radical (unpaired) electrons. The van der Waals surface area contributed by atoms with Gasteiger partial charge in [-0.05, 0) is 56.0 Å². The van der Waals surface area contributed by atoms with Gasteiger partial charge in [-0.3, -0.25) is 0 Å². The minimum atomic E-state index is -0.0841. The molecule has 78 valence electrons. The van der Waals surface area contributed by atoms with E-state index in [0.717, 1.165) is 22.0 Å². The van der Waals surface area contributed by atoms with E-state index in [1.807, 2.05) is 13.0 Å². The Labute approximate surface area is 92.6 Å². The van der Waals surface area contributed by atoms with Gasteiger partial charge in [-0.25, -0.2) is 4.39 Å². The molecule has 0 aliphatic carbocycles. The molecule has 0 aliphatic rings. The molecule has 2 N–H and O–H groups in total. The molecular weight excluding hydrogens is 245 g/mol. The summed E-state index contributed by atoms with van der Waals surface area (Å²) in [5.74, 6) is -0.0841. The van der Waals surface area contributed by atoms with Crippen molar-refractivity contribution in [1.82, 2.24) is 0 Å². The van der Waals surface area contributed by atoms with Crippen molar-refractivity contribution in [3.05, 3.63) is 33.0 Å². The highest BCUT2D eigenvalue weighted by atomic mass is 79.9. The Bertz CT molecular complexity index is 310. The lowest BCUT2D eigenvalue weighted by atomic mass is 10.0. The molecular formula is C11H15BrFN. The van der Waals surface area contributed by atoms with E-state index in [-0.39, 0.29) is 5.82 Å². The second-order valence-corrected chi connectivity index (χ2v) is 4.34. The van der Waals surface area contributed by atoms with E-state index in [9.17, 15) is 4.39 Å². The smallest absolute Gasteiger partial charge is 0.129 e. The van der Waals surface area contributed by atoms with Gasteiger partial charge in [0, 0.05) is 4.47 Å². The first kappa shape index (κ1) is 11.7. The van der Waals surface area contributed by atoms with Crippen LogP contribution in [0.3, 0.4) is 0 Å². The third kappa shape index (κ3) is 2.34. The van der Waals surface area contributed by atoms with E-state index in [1.165, 1.54) is 0 Å². The first-order chi connectivity index (χ1) is 6.57. The summed E-state index contributed by atoms with van der Waals surface area (Å²) >= 11 is 3.43. The zero-order valence-corrected chi connectivity index (χ0v) is 10.1. The summed E-state index contributed by atoms with van der Waals surface area (Å²) in [6.07, 6.45) is 1.54. The van der Waals surface area contributed by atoms with E-state index in [1.54, 1.807) is 6.92 Å². The largest absolute Gasteiger partial charge is 0.330 e. The minimum Gasteiger partial charge on any atom is -0.330 e. The van der Waals surface area contributed by atoms with Crippen LogP contribution in [0.15, 0.2) is 10.5 Å². The molecule has 0 saturated carbocycles. The van der Waals surface area contributed by atoms with Gasteiger partial charge in [0.05, 0.1) is 0 Å². The van der Waals surface area contributed by atoms with Gasteiger partial charge in [0.15, 0.2) is 0 Å². The molecule has 0 unspecified atom stereocenters. The summed E-state index contributed by atoms with van der Waals surface area (Å²) in [6, 6.07) is 1.82. The van der Waals surface area contributed by atoms with Crippen LogP contribution in [0.5, 0.6) is 0 Å². The van der Waals surface area contributed by atoms with Crippen LogP contribution in [0.25, 0.3) is 0 Å². The molecule has 1 nitrogen and oxygen atoms in total. The van der Waals surface area contributed by atoms with Crippen LogP contribution in [-0.4, -0.2) is 6.54 Å². The van der Waals surface area contributed by atoms with E-state index in [0.29, 0.717) is 18.5 Å². The minimum absolute atomic E-state index is 0.0841. The summed E-state index contributed by atoms with van der Waals surface area (Å²) in [6.45, 7) is 4.31. The van der Waals surface area contributed by atoms with Crippen molar-refractivity contribution >= 4 is 15.9 Å². The molecule has 3 heteroatoms. The first-order valence-corrected chi connectivity index (χ1v) is 5.51. The maximum absolute atomic E-state index is 13.7. The lowest BCUT2D eigenvalue weighted by molar-refractivity contribution is 0.593. The second kappa shape index (κ2) is 4.89. The molecule has 0 amide bonds. The maximum atomic E-state index is 13.7. The Morgan fingerprint density at radius 1 is 1.43 bits per heavy atom. The molecule has 14 heavy (non-hydrogen) atoms. The van der Waals surface area contributed by atoms with Gasteiger partial charge in [-0.2, -0.15) is 0 Å². The monoisotopic (exact) mass is 259 g/mol. The summed E-state index contributed by atoms with van der Waals surface area (Å²) in [5.41, 5.74) is 7.89. The summed E-state index contributed by atoms with van der Waals surface area (Å²) in [4.78, 5) is 0. The van der Waals surface area contributed by atoms with E-state index in [4.69, 9.17) is 5.73 Å². The highest BCUT2D eigenvalue weighted by molar-refractivity contribution is 9.10. The number of benzene rings is 1. The normalized spacial score (nSPS) is 10.6. The van der Waals surface area contributed by atoms with Crippen LogP contribution in [0.1, 0.15) is 23.1 Å². The fourth-order valence-electron chi connectivity index (χ4n) is 1.48. The Hall–Kier alpha value is -0.410. The first-order valence-electron chi connectivity index (χ1n) is 4.72. The van der Waals surface area contributed by atoms with Gasteiger partial charge in [0.2, 0.25) is 0 Å². The van der Waals surface area contributed by atoms with E-state index >= 15 is 0 Å². The van der Waals surface area contributed by atoms with Crippen molar-refractivity contribution in [3.63, 3.8) is 0 Å². The van der Waals surface area contributed by atoms with Gasteiger partial charge in [-0.15, -0.1) is 0 Å². The third-order valence-corrected chi connectivity index (χ3v) is 3.22. The SMILES string of the molecule is Cc1cc(Br)c(C)c(CCCN)c1F. The fourth-order valence-corrected chi connectivity index (χ4v) is 2.07. The molecule has 0 aliphatic heterocycles. The van der Waals surface area contributed by atoms with Gasteiger partial charge in [0.25, 0.3) is 0 Å². The molecule has 1 aromatic carbocycles. The Balaban J connectivity index is 3.11. The molecule has 0 atom stereocenters. The molecule has 1 rings (SSSR count). The van der Waals surface area contributed by atoms with Crippen molar-refractivity contribution in [1.29, 1.82) is 0 Å². The molecule has 0 saturated heterocycles. The van der Waals surface area contributed by atoms with Crippen LogP contribution in [0.2, 0.25) is 0 Å². The molecule has 0 heterocycles. The topological polar surface area (TPSA) is 26.0 Å². The number of aryl methyl sites for hydroxylation is 1. The Kier molecular flexibility index (Phi) is 4.08. The highest BCUT2D eigenvalue weighted by Gasteiger charge is 2.11. The van der Waals surface area contributed by atoms with E-state index < -0.39 is 0 Å². The molecule has 0 fully saturated rings. The number of hydrogen-bond donors (Lipinski definition) is 1. The molecule has 0 spiro atoms. The zero-order valence-electron chi connectivity index (χ0n) is 8.53. The zero-order chi connectivity index (χ0) is 10.7. The predicted molar refractivity (Wildman–Crippen MR) is 60.9 cm³/mol. The van der Waals surface area contributed by atoms with Crippen molar-refractivity contribution in [3.8, 4) is 0 Å². The predicted octanol–water partition coefficient (Wildman–Crippen LogP) is 3.10. The lowest BCUT2D eigenvalue weighted by Crippen LogP contribution is -2.04. The summed E-state index contributed by atoms with van der Waals surface area (Å²) < 4.78 is 14.7. The quantitative estimate of drug-likeness (QED) is 0.887. The maximum Gasteiger partial charge on any atom is 0.129 e. The van der Waals surface area contributed by atoms with Crippen LogP contribution in [-0.2, 0) is 6.42 Å². The van der Waals surface area contributed by atoms with Crippen molar-refractivity contribution in [2.45, 2.75) is 26.7 Å². The number of halogens is 2. The molecule has 0 aromatic heterocycles. The van der Waals surface area contributed by atoms with Crippen molar-refractivity contribution < 1.29 is 4.39 Å². The summed E-state index contributed by atoms with van der Waals surface area (Å²) in [5, 5.41) is 0. The third-order valence-electron chi connectivity index (χ3n) is 2.40.